The van der Waals surface area contributed by atoms with Crippen molar-refractivity contribution in [2.24, 2.45) is 0 Å². The maximum Gasteiger partial charge on any atom is 0.255 e. The van der Waals surface area contributed by atoms with E-state index in [2.05, 4.69) is 39.4 Å². The predicted octanol–water partition coefficient (Wildman–Crippen LogP) is 2.70. The van der Waals surface area contributed by atoms with Gasteiger partial charge in [-0.15, -0.1) is 0 Å². The molecule has 1 fully saturated rings. The minimum atomic E-state index is -0.0578. The van der Waals surface area contributed by atoms with E-state index in [1.807, 2.05) is 12.1 Å². The second-order valence-electron chi connectivity index (χ2n) is 6.23. The highest BCUT2D eigenvalue weighted by Gasteiger charge is 2.23. The Kier molecular flexibility index (Phi) is 3.89. The van der Waals surface area contributed by atoms with Gasteiger partial charge >= 0.3 is 0 Å². The Bertz CT molecular complexity index is 834. The van der Waals surface area contributed by atoms with Crippen molar-refractivity contribution in [2.45, 2.75) is 45.3 Å². The van der Waals surface area contributed by atoms with E-state index in [0.717, 1.165) is 36.6 Å². The molecule has 4 rings (SSSR count). The number of nitrogens with zero attached hydrogens (tertiary/aromatic N) is 5. The maximum absolute atomic E-state index is 5.57. The van der Waals surface area contributed by atoms with Crippen LogP contribution in [0.15, 0.2) is 22.9 Å². The number of hydrogen-bond acceptors (Lipinski definition) is 7. The van der Waals surface area contributed by atoms with E-state index in [0.29, 0.717) is 24.2 Å². The monoisotopic (exact) mass is 328 g/mol. The fourth-order valence-electron chi connectivity index (χ4n) is 2.77. The predicted molar refractivity (Wildman–Crippen MR) is 86.6 cm³/mol. The Morgan fingerprint density at radius 3 is 3.08 bits per heavy atom. The van der Waals surface area contributed by atoms with E-state index in [-0.39, 0.29) is 6.10 Å². The number of fused-ring (bicyclic) bond motifs is 1. The lowest BCUT2D eigenvalue weighted by atomic mass is 10.1. The summed E-state index contributed by atoms with van der Waals surface area (Å²) in [4.78, 5) is 9.02. The molecule has 126 valence electrons. The van der Waals surface area contributed by atoms with Crippen molar-refractivity contribution in [3.05, 3.63) is 35.7 Å². The van der Waals surface area contributed by atoms with Crippen molar-refractivity contribution < 1.29 is 9.26 Å². The molecule has 1 atom stereocenters. The van der Waals surface area contributed by atoms with Gasteiger partial charge in [-0.1, -0.05) is 19.0 Å². The molecule has 0 spiro atoms. The molecule has 1 N–H and O–H groups in total. The molecule has 1 aliphatic rings. The average Bonchev–Trinajstić information content (AvgIpc) is 3.31. The molecule has 3 aromatic heterocycles. The van der Waals surface area contributed by atoms with Gasteiger partial charge in [-0.3, -0.25) is 0 Å². The first-order valence-electron chi connectivity index (χ1n) is 8.23. The van der Waals surface area contributed by atoms with Gasteiger partial charge in [0, 0.05) is 24.4 Å². The van der Waals surface area contributed by atoms with Crippen LogP contribution in [0.25, 0.3) is 5.65 Å². The van der Waals surface area contributed by atoms with E-state index in [9.17, 15) is 0 Å². The lowest BCUT2D eigenvalue weighted by molar-refractivity contribution is 0.0835. The summed E-state index contributed by atoms with van der Waals surface area (Å²) in [7, 11) is 0. The largest absolute Gasteiger partial charge is 0.368 e. The minimum Gasteiger partial charge on any atom is -0.368 e. The first-order chi connectivity index (χ1) is 11.7. The van der Waals surface area contributed by atoms with Crippen LogP contribution in [0, 0.1) is 0 Å². The molecule has 0 radical (unpaired) electrons. The van der Waals surface area contributed by atoms with Crippen molar-refractivity contribution in [3.63, 3.8) is 0 Å². The molecule has 0 aliphatic carbocycles. The van der Waals surface area contributed by atoms with Gasteiger partial charge in [0.15, 0.2) is 11.5 Å². The first-order valence-corrected chi connectivity index (χ1v) is 8.23. The highest BCUT2D eigenvalue weighted by molar-refractivity contribution is 5.49. The van der Waals surface area contributed by atoms with E-state index >= 15 is 0 Å². The average molecular weight is 328 g/mol. The summed E-state index contributed by atoms with van der Waals surface area (Å²) < 4.78 is 12.6. The van der Waals surface area contributed by atoms with Crippen molar-refractivity contribution >= 4 is 11.5 Å². The molecule has 8 nitrogen and oxygen atoms in total. The Hall–Kier alpha value is -2.48. The van der Waals surface area contributed by atoms with Crippen molar-refractivity contribution in [1.29, 1.82) is 0 Å². The molecule has 0 amide bonds. The lowest BCUT2D eigenvalue weighted by Gasteiger charge is -2.10. The van der Waals surface area contributed by atoms with Crippen LogP contribution in [-0.4, -0.2) is 31.3 Å². The van der Waals surface area contributed by atoms with Crippen LogP contribution >= 0.6 is 0 Å². The second-order valence-corrected chi connectivity index (χ2v) is 6.23. The molecular weight excluding hydrogens is 308 g/mol. The molecular formula is C16H20N6O2. The highest BCUT2D eigenvalue weighted by Crippen LogP contribution is 2.27. The zero-order valence-corrected chi connectivity index (χ0v) is 13.8. The Labute approximate surface area is 139 Å². The van der Waals surface area contributed by atoms with Crippen LogP contribution in [0.2, 0.25) is 0 Å². The third kappa shape index (κ3) is 2.84. The molecule has 0 bridgehead atoms. The smallest absolute Gasteiger partial charge is 0.255 e. The zero-order chi connectivity index (χ0) is 16.5. The van der Waals surface area contributed by atoms with Gasteiger partial charge in [0.2, 0.25) is 0 Å². The summed E-state index contributed by atoms with van der Waals surface area (Å²) in [5, 5.41) is 11.7. The van der Waals surface area contributed by atoms with Crippen LogP contribution in [0.3, 0.4) is 0 Å². The first kappa shape index (κ1) is 15.1. The number of rotatable bonds is 5. The van der Waals surface area contributed by atoms with Crippen molar-refractivity contribution in [2.75, 3.05) is 11.9 Å². The molecule has 24 heavy (non-hydrogen) atoms. The Morgan fingerprint density at radius 2 is 2.29 bits per heavy atom. The summed E-state index contributed by atoms with van der Waals surface area (Å²) in [6, 6.07) is 3.90. The van der Waals surface area contributed by atoms with Crippen molar-refractivity contribution in [1.82, 2.24) is 24.7 Å². The van der Waals surface area contributed by atoms with Gasteiger partial charge in [-0.05, 0) is 18.8 Å². The van der Waals surface area contributed by atoms with E-state index in [1.54, 1.807) is 10.7 Å². The SMILES string of the molecule is CC(C)c1cc(NCc2noc([C@@H]3CCCO3)n2)n2nccc2n1. The zero-order valence-electron chi connectivity index (χ0n) is 13.8. The lowest BCUT2D eigenvalue weighted by Crippen LogP contribution is -2.09. The van der Waals surface area contributed by atoms with Crippen molar-refractivity contribution in [3.8, 4) is 0 Å². The van der Waals surface area contributed by atoms with E-state index in [1.165, 1.54) is 0 Å². The molecule has 1 aliphatic heterocycles. The second kappa shape index (κ2) is 6.20. The molecule has 3 aromatic rings. The summed E-state index contributed by atoms with van der Waals surface area (Å²) in [6.07, 6.45) is 3.65. The molecule has 0 aromatic carbocycles. The summed E-state index contributed by atoms with van der Waals surface area (Å²) in [6.45, 7) is 5.44. The van der Waals surface area contributed by atoms with Crippen LogP contribution in [0.1, 0.15) is 56.1 Å². The fraction of sp³-hybridized carbons (Fsp3) is 0.500. The van der Waals surface area contributed by atoms with Crippen LogP contribution in [-0.2, 0) is 11.3 Å². The molecule has 4 heterocycles. The molecule has 0 unspecified atom stereocenters. The third-order valence-corrected chi connectivity index (χ3v) is 4.09. The van der Waals surface area contributed by atoms with Gasteiger partial charge in [0.1, 0.15) is 11.9 Å². The fourth-order valence-corrected chi connectivity index (χ4v) is 2.77. The normalized spacial score (nSPS) is 17.9. The summed E-state index contributed by atoms with van der Waals surface area (Å²) in [5.41, 5.74) is 1.83. The van der Waals surface area contributed by atoms with Crippen LogP contribution < -0.4 is 5.32 Å². The standard InChI is InChI=1S/C16H20N6O2/c1-10(2)11-8-15(22-14(19-11)5-6-18-22)17-9-13-20-16(24-21-13)12-4-3-7-23-12/h5-6,8,10,12,17H,3-4,7,9H2,1-2H3/t12-/m0/s1. The number of ether oxygens (including phenoxy) is 1. The van der Waals surface area contributed by atoms with E-state index in [4.69, 9.17) is 9.26 Å². The number of hydrogen-bond donors (Lipinski definition) is 1. The minimum absolute atomic E-state index is 0.0578. The van der Waals surface area contributed by atoms with Gasteiger partial charge in [-0.25, -0.2) is 4.98 Å². The van der Waals surface area contributed by atoms with Crippen LogP contribution in [0.4, 0.5) is 5.82 Å². The summed E-state index contributed by atoms with van der Waals surface area (Å²) in [5.74, 6) is 2.36. The van der Waals surface area contributed by atoms with Crippen LogP contribution in [0.5, 0.6) is 0 Å². The Morgan fingerprint density at radius 1 is 1.38 bits per heavy atom. The topological polar surface area (TPSA) is 90.4 Å². The van der Waals surface area contributed by atoms with Gasteiger partial charge in [-0.2, -0.15) is 14.6 Å². The molecule has 8 heteroatoms. The maximum atomic E-state index is 5.57. The van der Waals surface area contributed by atoms with E-state index < -0.39 is 0 Å². The number of aromatic nitrogens is 5. The Balaban J connectivity index is 1.53. The van der Waals surface area contributed by atoms with Gasteiger partial charge in [0.25, 0.3) is 5.89 Å². The molecule has 0 saturated carbocycles. The highest BCUT2D eigenvalue weighted by atomic mass is 16.5. The summed E-state index contributed by atoms with van der Waals surface area (Å²) >= 11 is 0. The number of nitrogens with one attached hydrogen (secondary N) is 1. The third-order valence-electron chi connectivity index (χ3n) is 4.09. The van der Waals surface area contributed by atoms with Gasteiger partial charge in [0.05, 0.1) is 12.7 Å². The quantitative estimate of drug-likeness (QED) is 0.770. The van der Waals surface area contributed by atoms with Gasteiger partial charge < -0.3 is 14.6 Å². The number of anilines is 1. The molecule has 1 saturated heterocycles.